The fourth-order valence-corrected chi connectivity index (χ4v) is 5.47. The Kier molecular flexibility index (Phi) is 12.6. The molecule has 2 aromatic rings. The molecule has 0 fully saturated rings. The van der Waals surface area contributed by atoms with Gasteiger partial charge in [-0.25, -0.2) is 0 Å². The van der Waals surface area contributed by atoms with Crippen LogP contribution in [0.3, 0.4) is 0 Å². The molecule has 2 aromatic carbocycles. The number of nitrogens with zero attached hydrogens (tertiary/aromatic N) is 2. The number of phenolic OH excluding ortho intramolecular Hbond substituents is 3. The van der Waals surface area contributed by atoms with E-state index in [1.54, 1.807) is 23.1 Å². The third kappa shape index (κ3) is 8.91. The highest BCUT2D eigenvalue weighted by atomic mass is 16.3. The summed E-state index contributed by atoms with van der Waals surface area (Å²) in [6.45, 7) is 11.5. The summed E-state index contributed by atoms with van der Waals surface area (Å²) < 4.78 is 0. The zero-order valence-electron chi connectivity index (χ0n) is 26.2. The molecule has 228 valence electrons. The van der Waals surface area contributed by atoms with Gasteiger partial charge in [-0.2, -0.15) is 0 Å². The highest BCUT2D eigenvalue weighted by Gasteiger charge is 2.34. The first-order chi connectivity index (χ1) is 20.1. The number of para-hydroxylation sites is 1. The van der Waals surface area contributed by atoms with Crippen LogP contribution in [0.15, 0.2) is 65.3 Å². The van der Waals surface area contributed by atoms with Crippen LogP contribution in [0, 0.1) is 0 Å². The maximum Gasteiger partial charge on any atom is 0.260 e. The lowest BCUT2D eigenvalue weighted by atomic mass is 10.1. The minimum Gasteiger partial charge on any atom is -0.508 e. The molecule has 1 heterocycles. The Labute approximate surface area is 252 Å². The highest BCUT2D eigenvalue weighted by molar-refractivity contribution is 6.15. The van der Waals surface area contributed by atoms with Gasteiger partial charge in [-0.3, -0.25) is 4.79 Å². The monoisotopic (exact) mass is 574 g/mol. The van der Waals surface area contributed by atoms with Gasteiger partial charge in [0.15, 0.2) is 0 Å². The van der Waals surface area contributed by atoms with Crippen LogP contribution in [-0.4, -0.2) is 34.3 Å². The molecule has 6 nitrogen and oxygen atoms in total. The first kappa shape index (κ1) is 32.8. The summed E-state index contributed by atoms with van der Waals surface area (Å²) in [6.07, 6.45) is 17.0. The van der Waals surface area contributed by atoms with E-state index < -0.39 is 0 Å². The predicted octanol–water partition coefficient (Wildman–Crippen LogP) is 9.68. The lowest BCUT2D eigenvalue weighted by molar-refractivity contribution is 0.0990. The topological polar surface area (TPSA) is 84.2 Å². The van der Waals surface area contributed by atoms with Crippen molar-refractivity contribution < 1.29 is 20.1 Å². The van der Waals surface area contributed by atoms with E-state index in [1.165, 1.54) is 42.5 Å². The number of carbonyl (C=O) groups is 1. The number of rotatable bonds is 15. The molecular formula is C36H50N2O4. The van der Waals surface area contributed by atoms with E-state index in [4.69, 9.17) is 0 Å². The van der Waals surface area contributed by atoms with E-state index in [-0.39, 0.29) is 29.7 Å². The molecule has 0 aliphatic carbocycles. The zero-order valence-corrected chi connectivity index (χ0v) is 26.2. The number of allylic oxidation sites excluding steroid dienone is 5. The fraction of sp³-hybridized carbons (Fsp3) is 0.472. The number of benzene rings is 2. The molecule has 0 unspecified atom stereocenters. The molecular weight excluding hydrogens is 524 g/mol. The smallest absolute Gasteiger partial charge is 0.260 e. The average molecular weight is 575 g/mol. The van der Waals surface area contributed by atoms with Crippen molar-refractivity contribution in [3.63, 3.8) is 0 Å². The number of aromatic hydroxyl groups is 3. The number of unbranched alkanes of at least 4 members (excludes halogenated alkanes) is 5. The Morgan fingerprint density at radius 3 is 2.14 bits per heavy atom. The molecule has 0 aromatic heterocycles. The van der Waals surface area contributed by atoms with Crippen molar-refractivity contribution in [3.8, 4) is 17.2 Å². The normalized spacial score (nSPS) is 13.6. The Morgan fingerprint density at radius 1 is 0.762 bits per heavy atom. The first-order valence-electron chi connectivity index (χ1n) is 15.6. The number of phenols is 3. The maximum absolute atomic E-state index is 14.0. The van der Waals surface area contributed by atoms with Crippen molar-refractivity contribution >= 4 is 23.0 Å². The van der Waals surface area contributed by atoms with Gasteiger partial charge in [0.05, 0.1) is 16.9 Å². The fourth-order valence-electron chi connectivity index (χ4n) is 5.47. The van der Waals surface area contributed by atoms with Gasteiger partial charge in [-0.05, 0) is 71.9 Å². The van der Waals surface area contributed by atoms with E-state index in [2.05, 4.69) is 46.8 Å². The van der Waals surface area contributed by atoms with E-state index in [0.717, 1.165) is 50.5 Å². The Bertz CT molecular complexity index is 1300. The summed E-state index contributed by atoms with van der Waals surface area (Å²) in [5, 5.41) is 32.6. The molecule has 42 heavy (non-hydrogen) atoms. The van der Waals surface area contributed by atoms with Crippen molar-refractivity contribution in [1.29, 1.82) is 0 Å². The second-order valence-electron chi connectivity index (χ2n) is 11.8. The van der Waals surface area contributed by atoms with Gasteiger partial charge in [0.25, 0.3) is 5.91 Å². The van der Waals surface area contributed by atoms with E-state index in [1.807, 2.05) is 11.0 Å². The van der Waals surface area contributed by atoms with Crippen molar-refractivity contribution in [2.24, 2.45) is 0 Å². The van der Waals surface area contributed by atoms with Gasteiger partial charge in [0.1, 0.15) is 22.9 Å². The number of hydrogen-bond donors (Lipinski definition) is 3. The van der Waals surface area contributed by atoms with Crippen LogP contribution in [-0.2, 0) is 0 Å². The SMILES string of the molecule is CCCCCCCCN1c2c(O)cccc2C(=O)N(CC=C(C)CCC=C(C)CCC=C(C)C)c2cc(O)cc(O)c21. The van der Waals surface area contributed by atoms with E-state index in [9.17, 15) is 20.1 Å². The van der Waals surface area contributed by atoms with Gasteiger partial charge < -0.3 is 25.1 Å². The maximum atomic E-state index is 14.0. The molecule has 0 spiro atoms. The molecule has 1 aliphatic rings. The number of amides is 1. The van der Waals surface area contributed by atoms with E-state index >= 15 is 0 Å². The molecule has 1 aliphatic heterocycles. The minimum absolute atomic E-state index is 0.00873. The van der Waals surface area contributed by atoms with E-state index in [0.29, 0.717) is 29.2 Å². The van der Waals surface area contributed by atoms with Gasteiger partial charge in [0, 0.05) is 25.2 Å². The van der Waals surface area contributed by atoms with Crippen LogP contribution >= 0.6 is 0 Å². The molecule has 0 atom stereocenters. The quantitative estimate of drug-likeness (QED) is 0.146. The Morgan fingerprint density at radius 2 is 1.43 bits per heavy atom. The van der Waals surface area contributed by atoms with Crippen LogP contribution in [0.25, 0.3) is 0 Å². The van der Waals surface area contributed by atoms with Gasteiger partial charge in [0.2, 0.25) is 0 Å². The summed E-state index contributed by atoms with van der Waals surface area (Å²) >= 11 is 0. The third-order valence-corrected chi connectivity index (χ3v) is 7.86. The number of anilines is 3. The minimum atomic E-state index is -0.281. The van der Waals surface area contributed by atoms with Gasteiger partial charge in [-0.1, -0.05) is 80.0 Å². The predicted molar refractivity (Wildman–Crippen MR) is 175 cm³/mol. The second-order valence-corrected chi connectivity index (χ2v) is 11.8. The average Bonchev–Trinajstić information content (AvgIpc) is 3.02. The molecule has 1 amide bonds. The summed E-state index contributed by atoms with van der Waals surface area (Å²) in [5.74, 6) is -0.533. The van der Waals surface area contributed by atoms with Gasteiger partial charge >= 0.3 is 0 Å². The standard InChI is InChI=1S/C36H50N2O4/c1-6-7-8-9-10-11-22-38-34-30(19-14-20-32(34)40)36(42)37(31-24-29(39)25-33(41)35(31)38)23-21-28(5)18-13-17-27(4)16-12-15-26(2)3/h14-15,17,19-21,24-25,39-41H,6-13,16,18,22-23H2,1-5H3. The van der Waals surface area contributed by atoms with Crippen molar-refractivity contribution in [2.75, 3.05) is 22.9 Å². The highest BCUT2D eigenvalue weighted by Crippen LogP contribution is 2.50. The van der Waals surface area contributed by atoms with Crippen LogP contribution in [0.5, 0.6) is 17.2 Å². The van der Waals surface area contributed by atoms with Crippen molar-refractivity contribution in [3.05, 3.63) is 70.8 Å². The number of fused-ring (bicyclic) bond motifs is 2. The molecule has 6 heteroatoms. The van der Waals surface area contributed by atoms with Crippen LogP contribution in [0.1, 0.15) is 109 Å². The molecule has 0 bridgehead atoms. The third-order valence-electron chi connectivity index (χ3n) is 7.86. The molecule has 3 N–H and O–H groups in total. The second kappa shape index (κ2) is 16.1. The largest absolute Gasteiger partial charge is 0.508 e. The Hall–Kier alpha value is -3.67. The van der Waals surface area contributed by atoms with Crippen LogP contribution in [0.4, 0.5) is 17.1 Å². The molecule has 3 rings (SSSR count). The van der Waals surface area contributed by atoms with Gasteiger partial charge in [-0.15, -0.1) is 0 Å². The zero-order chi connectivity index (χ0) is 30.6. The van der Waals surface area contributed by atoms with Crippen LogP contribution < -0.4 is 9.80 Å². The molecule has 0 saturated carbocycles. The molecule has 0 saturated heterocycles. The van der Waals surface area contributed by atoms with Crippen molar-refractivity contribution in [1.82, 2.24) is 0 Å². The summed E-state index contributed by atoms with van der Waals surface area (Å²) in [4.78, 5) is 17.5. The lowest BCUT2D eigenvalue weighted by Gasteiger charge is -2.28. The first-order valence-corrected chi connectivity index (χ1v) is 15.6. The van der Waals surface area contributed by atoms with Crippen LogP contribution in [0.2, 0.25) is 0 Å². The lowest BCUT2D eigenvalue weighted by Crippen LogP contribution is -2.30. The number of hydrogen-bond acceptors (Lipinski definition) is 5. The Balaban J connectivity index is 1.88. The number of carbonyl (C=O) groups excluding carboxylic acids is 1. The summed E-state index contributed by atoms with van der Waals surface area (Å²) in [6, 6.07) is 7.81. The van der Waals surface area contributed by atoms with Crippen molar-refractivity contribution in [2.45, 2.75) is 98.8 Å². The molecule has 0 radical (unpaired) electrons. The summed E-state index contributed by atoms with van der Waals surface area (Å²) in [5.41, 5.74) is 5.51. The summed E-state index contributed by atoms with van der Waals surface area (Å²) in [7, 11) is 0.